The Bertz CT molecular complexity index is 579. The number of rotatable bonds is 7. The quantitative estimate of drug-likeness (QED) is 0.748. The lowest BCUT2D eigenvalue weighted by atomic mass is 10.1. The molecule has 0 fully saturated rings. The molecule has 0 aliphatic carbocycles. The predicted octanol–water partition coefficient (Wildman–Crippen LogP) is 3.26. The summed E-state index contributed by atoms with van der Waals surface area (Å²) in [5.41, 5.74) is 1.08. The van der Waals surface area contributed by atoms with Gasteiger partial charge in [-0.15, -0.1) is 0 Å². The van der Waals surface area contributed by atoms with E-state index in [-0.39, 0.29) is 6.04 Å². The Morgan fingerprint density at radius 2 is 2.14 bits per heavy atom. The van der Waals surface area contributed by atoms with E-state index < -0.39 is 0 Å². The molecule has 1 unspecified atom stereocenters. The zero-order valence-corrected chi connectivity index (χ0v) is 15.6. The molecule has 0 amide bonds. The van der Waals surface area contributed by atoms with Gasteiger partial charge >= 0.3 is 0 Å². The van der Waals surface area contributed by atoms with Crippen LogP contribution in [0.5, 0.6) is 0 Å². The van der Waals surface area contributed by atoms with Crippen LogP contribution in [0.15, 0.2) is 31.9 Å². The van der Waals surface area contributed by atoms with Gasteiger partial charge in [0.25, 0.3) is 0 Å². The Labute approximate surface area is 141 Å². The zero-order valence-electron chi connectivity index (χ0n) is 12.4. The van der Waals surface area contributed by atoms with Crippen LogP contribution in [-0.4, -0.2) is 41.9 Å². The summed E-state index contributed by atoms with van der Waals surface area (Å²) >= 11 is 6.98. The first-order chi connectivity index (χ1) is 10.0. The number of hydrogen-bond donors (Lipinski definition) is 1. The van der Waals surface area contributed by atoms with Gasteiger partial charge in [0.2, 0.25) is 0 Å². The summed E-state index contributed by atoms with van der Waals surface area (Å²) in [6.45, 7) is 4.69. The molecule has 21 heavy (non-hydrogen) atoms. The first-order valence-electron chi connectivity index (χ1n) is 6.87. The standard InChI is InChI=1S/C14H20Br2N4O/c1-4-17-13(11-5-6-12(16)21-11)14-10(15)9-18-20(14)8-7-19(2)3/h5-6,9,13,17H,4,7-8H2,1-3H3. The Morgan fingerprint density at radius 1 is 1.38 bits per heavy atom. The van der Waals surface area contributed by atoms with E-state index in [1.54, 1.807) is 0 Å². The van der Waals surface area contributed by atoms with Crippen LogP contribution in [0.3, 0.4) is 0 Å². The lowest BCUT2D eigenvalue weighted by Crippen LogP contribution is -2.27. The third kappa shape index (κ3) is 4.18. The number of likely N-dealkylation sites (N-methyl/N-ethyl adjacent to an activating group) is 1. The molecular formula is C14H20Br2N4O. The highest BCUT2D eigenvalue weighted by Crippen LogP contribution is 2.30. The molecule has 2 aromatic heterocycles. The molecule has 0 aliphatic rings. The van der Waals surface area contributed by atoms with Gasteiger partial charge in [0, 0.05) is 6.54 Å². The van der Waals surface area contributed by atoms with Crippen LogP contribution in [0.25, 0.3) is 0 Å². The molecule has 0 bridgehead atoms. The third-order valence-electron chi connectivity index (χ3n) is 3.15. The summed E-state index contributed by atoms with van der Waals surface area (Å²) in [6, 6.07) is 3.86. The topological polar surface area (TPSA) is 46.2 Å². The Balaban J connectivity index is 2.33. The largest absolute Gasteiger partial charge is 0.452 e. The molecule has 0 saturated carbocycles. The highest BCUT2D eigenvalue weighted by atomic mass is 79.9. The molecule has 1 atom stereocenters. The van der Waals surface area contributed by atoms with E-state index in [1.807, 2.05) is 23.0 Å². The van der Waals surface area contributed by atoms with Crippen molar-refractivity contribution in [3.8, 4) is 0 Å². The molecule has 0 spiro atoms. The first kappa shape index (κ1) is 16.7. The van der Waals surface area contributed by atoms with Crippen molar-refractivity contribution in [3.05, 3.63) is 38.9 Å². The molecule has 0 radical (unpaired) electrons. The smallest absolute Gasteiger partial charge is 0.169 e. The first-order valence-corrected chi connectivity index (χ1v) is 8.46. The van der Waals surface area contributed by atoms with E-state index in [4.69, 9.17) is 4.42 Å². The second-order valence-corrected chi connectivity index (χ2v) is 6.67. The molecule has 5 nitrogen and oxygen atoms in total. The maximum absolute atomic E-state index is 5.74. The lowest BCUT2D eigenvalue weighted by Gasteiger charge is -2.19. The van der Waals surface area contributed by atoms with Crippen molar-refractivity contribution < 1.29 is 4.42 Å². The average molecular weight is 420 g/mol. The molecule has 7 heteroatoms. The Morgan fingerprint density at radius 3 is 2.71 bits per heavy atom. The van der Waals surface area contributed by atoms with Gasteiger partial charge in [0.1, 0.15) is 11.8 Å². The molecule has 2 rings (SSSR count). The molecule has 116 valence electrons. The number of halogens is 2. The Hall–Kier alpha value is -0.630. The van der Waals surface area contributed by atoms with Crippen LogP contribution in [0.1, 0.15) is 24.4 Å². The van der Waals surface area contributed by atoms with Crippen molar-refractivity contribution in [1.82, 2.24) is 20.0 Å². The highest BCUT2D eigenvalue weighted by molar-refractivity contribution is 9.10. The summed E-state index contributed by atoms with van der Waals surface area (Å²) in [5.74, 6) is 0.871. The van der Waals surface area contributed by atoms with E-state index in [9.17, 15) is 0 Å². The second-order valence-electron chi connectivity index (χ2n) is 5.04. The summed E-state index contributed by atoms with van der Waals surface area (Å²) in [4.78, 5) is 2.14. The maximum Gasteiger partial charge on any atom is 0.169 e. The van der Waals surface area contributed by atoms with Crippen molar-refractivity contribution in [2.75, 3.05) is 27.2 Å². The van der Waals surface area contributed by atoms with Gasteiger partial charge < -0.3 is 14.6 Å². The number of aromatic nitrogens is 2. The maximum atomic E-state index is 5.74. The second kappa shape index (κ2) is 7.58. The average Bonchev–Trinajstić information content (AvgIpc) is 3.00. The lowest BCUT2D eigenvalue weighted by molar-refractivity contribution is 0.359. The van der Waals surface area contributed by atoms with Crippen LogP contribution >= 0.6 is 31.9 Å². The van der Waals surface area contributed by atoms with Gasteiger partial charge in [0.05, 0.1) is 22.9 Å². The van der Waals surface area contributed by atoms with Gasteiger partial charge in [-0.3, -0.25) is 4.68 Å². The molecule has 0 aliphatic heterocycles. The van der Waals surface area contributed by atoms with Crippen molar-refractivity contribution in [2.24, 2.45) is 0 Å². The van der Waals surface area contributed by atoms with Gasteiger partial charge in [0.15, 0.2) is 4.67 Å². The summed E-state index contributed by atoms with van der Waals surface area (Å²) in [6.07, 6.45) is 1.84. The van der Waals surface area contributed by atoms with Crippen LogP contribution in [-0.2, 0) is 6.54 Å². The van der Waals surface area contributed by atoms with Crippen molar-refractivity contribution in [3.63, 3.8) is 0 Å². The number of nitrogens with zero attached hydrogens (tertiary/aromatic N) is 3. The fourth-order valence-corrected chi connectivity index (χ4v) is 3.00. The fraction of sp³-hybridized carbons (Fsp3) is 0.500. The molecule has 0 aromatic carbocycles. The third-order valence-corrected chi connectivity index (χ3v) is 4.19. The van der Waals surface area contributed by atoms with Crippen LogP contribution < -0.4 is 5.32 Å². The minimum Gasteiger partial charge on any atom is -0.452 e. The molecule has 2 aromatic rings. The number of nitrogens with one attached hydrogen (secondary N) is 1. The van der Waals surface area contributed by atoms with E-state index in [0.29, 0.717) is 0 Å². The monoisotopic (exact) mass is 418 g/mol. The Kier molecular flexibility index (Phi) is 6.04. The molecule has 2 heterocycles. The van der Waals surface area contributed by atoms with Crippen LogP contribution in [0.2, 0.25) is 0 Å². The number of hydrogen-bond acceptors (Lipinski definition) is 4. The normalized spacial score (nSPS) is 13.0. The van der Waals surface area contributed by atoms with Crippen LogP contribution in [0.4, 0.5) is 0 Å². The summed E-state index contributed by atoms with van der Waals surface area (Å²) in [5, 5.41) is 7.94. The van der Waals surface area contributed by atoms with Crippen molar-refractivity contribution in [1.29, 1.82) is 0 Å². The van der Waals surface area contributed by atoms with Crippen molar-refractivity contribution in [2.45, 2.75) is 19.5 Å². The highest BCUT2D eigenvalue weighted by Gasteiger charge is 2.24. The van der Waals surface area contributed by atoms with Crippen molar-refractivity contribution >= 4 is 31.9 Å². The minimum atomic E-state index is -0.0275. The fourth-order valence-electron chi connectivity index (χ4n) is 2.15. The molecule has 0 saturated heterocycles. The zero-order chi connectivity index (χ0) is 15.4. The van der Waals surface area contributed by atoms with Gasteiger partial charge in [-0.05, 0) is 64.6 Å². The molecule has 1 N–H and O–H groups in total. The molecular weight excluding hydrogens is 400 g/mol. The van der Waals surface area contributed by atoms with E-state index in [0.717, 1.165) is 40.2 Å². The van der Waals surface area contributed by atoms with E-state index in [1.165, 1.54) is 0 Å². The van der Waals surface area contributed by atoms with Crippen LogP contribution in [0, 0.1) is 0 Å². The van der Waals surface area contributed by atoms with Gasteiger partial charge in [-0.25, -0.2) is 0 Å². The van der Waals surface area contributed by atoms with E-state index >= 15 is 0 Å². The minimum absolute atomic E-state index is 0.0275. The summed E-state index contributed by atoms with van der Waals surface area (Å²) < 4.78 is 9.48. The predicted molar refractivity (Wildman–Crippen MR) is 90.4 cm³/mol. The summed E-state index contributed by atoms with van der Waals surface area (Å²) in [7, 11) is 4.12. The SMILES string of the molecule is CCNC(c1ccc(Br)o1)c1c(Br)cnn1CCN(C)C. The number of furan rings is 1. The van der Waals surface area contributed by atoms with Gasteiger partial charge in [-0.2, -0.15) is 5.10 Å². The van der Waals surface area contributed by atoms with Gasteiger partial charge in [-0.1, -0.05) is 6.92 Å². The van der Waals surface area contributed by atoms with E-state index in [2.05, 4.69) is 68.2 Å².